The predicted octanol–water partition coefficient (Wildman–Crippen LogP) is 2.40. The number of aliphatic hydroxyl groups excluding tert-OH is 1. The molecule has 0 heterocycles. The molecule has 84 valence electrons. The Bertz CT molecular complexity index is 284. The Morgan fingerprint density at radius 3 is 2.33 bits per heavy atom. The van der Waals surface area contributed by atoms with Crippen molar-refractivity contribution in [1.82, 2.24) is 5.32 Å². The van der Waals surface area contributed by atoms with E-state index in [4.69, 9.17) is 5.11 Å². The minimum absolute atomic E-state index is 0.185. The van der Waals surface area contributed by atoms with Crippen molar-refractivity contribution in [2.75, 3.05) is 6.61 Å². The van der Waals surface area contributed by atoms with Gasteiger partial charge < -0.3 is 10.4 Å². The van der Waals surface area contributed by atoms with Gasteiger partial charge in [-0.3, -0.25) is 0 Å². The number of aliphatic hydroxyl groups is 1. The average Bonchev–Trinajstić information content (AvgIpc) is 2.21. The third kappa shape index (κ3) is 4.49. The Morgan fingerprint density at radius 2 is 1.87 bits per heavy atom. The third-order valence-electron chi connectivity index (χ3n) is 2.48. The van der Waals surface area contributed by atoms with Gasteiger partial charge in [0.25, 0.3) is 0 Å². The molecule has 0 amide bonds. The van der Waals surface area contributed by atoms with Crippen LogP contribution in [0, 0.1) is 9.49 Å². The van der Waals surface area contributed by atoms with Crippen LogP contribution in [0.5, 0.6) is 0 Å². The Labute approximate surface area is 105 Å². The van der Waals surface area contributed by atoms with Crippen molar-refractivity contribution in [2.24, 2.45) is 5.92 Å². The van der Waals surface area contributed by atoms with Crippen molar-refractivity contribution >= 4 is 22.6 Å². The zero-order valence-corrected chi connectivity index (χ0v) is 11.4. The number of rotatable bonds is 5. The lowest BCUT2D eigenvalue weighted by molar-refractivity contribution is 0.210. The summed E-state index contributed by atoms with van der Waals surface area (Å²) in [4.78, 5) is 0. The van der Waals surface area contributed by atoms with Crippen molar-refractivity contribution in [3.05, 3.63) is 33.4 Å². The molecule has 2 N–H and O–H groups in total. The van der Waals surface area contributed by atoms with Crippen LogP contribution >= 0.6 is 22.6 Å². The molecule has 1 unspecified atom stereocenters. The van der Waals surface area contributed by atoms with E-state index in [0.717, 1.165) is 6.54 Å². The summed E-state index contributed by atoms with van der Waals surface area (Å²) in [6.07, 6.45) is 0. The Kier molecular flexibility index (Phi) is 5.56. The van der Waals surface area contributed by atoms with E-state index in [-0.39, 0.29) is 12.6 Å². The monoisotopic (exact) mass is 319 g/mol. The molecule has 0 aliphatic heterocycles. The second kappa shape index (κ2) is 6.45. The highest BCUT2D eigenvalue weighted by Gasteiger charge is 2.10. The maximum atomic E-state index is 9.15. The van der Waals surface area contributed by atoms with Crippen LogP contribution in [-0.4, -0.2) is 17.8 Å². The molecule has 2 nitrogen and oxygen atoms in total. The molecule has 0 radical (unpaired) electrons. The van der Waals surface area contributed by atoms with E-state index < -0.39 is 0 Å². The molecule has 0 bridgehead atoms. The second-order valence-electron chi connectivity index (χ2n) is 4.04. The summed E-state index contributed by atoms with van der Waals surface area (Å²) in [5.41, 5.74) is 1.26. The van der Waals surface area contributed by atoms with Crippen LogP contribution in [0.2, 0.25) is 0 Å². The lowest BCUT2D eigenvalue weighted by Gasteiger charge is -2.19. The van der Waals surface area contributed by atoms with Gasteiger partial charge >= 0.3 is 0 Å². The van der Waals surface area contributed by atoms with Crippen LogP contribution in [0.15, 0.2) is 24.3 Å². The van der Waals surface area contributed by atoms with E-state index in [2.05, 4.69) is 66.0 Å². The van der Waals surface area contributed by atoms with Gasteiger partial charge in [0, 0.05) is 16.2 Å². The smallest absolute Gasteiger partial charge is 0.0587 e. The summed E-state index contributed by atoms with van der Waals surface area (Å²) in [5.74, 6) is 0.457. The van der Waals surface area contributed by atoms with Gasteiger partial charge in [-0.1, -0.05) is 26.0 Å². The maximum absolute atomic E-state index is 9.15. The van der Waals surface area contributed by atoms with E-state index in [1.807, 2.05) is 0 Å². The van der Waals surface area contributed by atoms with Crippen molar-refractivity contribution < 1.29 is 5.11 Å². The molecule has 0 aliphatic carbocycles. The summed E-state index contributed by atoms with van der Waals surface area (Å²) < 4.78 is 1.25. The van der Waals surface area contributed by atoms with Gasteiger partial charge in [-0.2, -0.15) is 0 Å². The lowest BCUT2D eigenvalue weighted by atomic mass is 10.1. The molecule has 0 fully saturated rings. The molecule has 15 heavy (non-hydrogen) atoms. The van der Waals surface area contributed by atoms with Crippen LogP contribution in [0.1, 0.15) is 19.4 Å². The highest BCUT2D eigenvalue weighted by molar-refractivity contribution is 14.1. The van der Waals surface area contributed by atoms with Crippen molar-refractivity contribution in [3.8, 4) is 0 Å². The van der Waals surface area contributed by atoms with E-state index in [1.165, 1.54) is 9.13 Å². The molecular weight excluding hydrogens is 301 g/mol. The molecule has 1 aromatic carbocycles. The Balaban J connectivity index is 2.45. The first-order valence-electron chi connectivity index (χ1n) is 5.22. The standard InChI is InChI=1S/C12H18INO/c1-9(2)12(8-15)14-7-10-3-5-11(13)6-4-10/h3-6,9,12,14-15H,7-8H2,1-2H3. The van der Waals surface area contributed by atoms with Crippen LogP contribution in [0.4, 0.5) is 0 Å². The summed E-state index contributed by atoms with van der Waals surface area (Å²) >= 11 is 2.30. The van der Waals surface area contributed by atoms with Gasteiger partial charge in [0.15, 0.2) is 0 Å². The summed E-state index contributed by atoms with van der Waals surface area (Å²) in [7, 11) is 0. The number of nitrogens with one attached hydrogen (secondary N) is 1. The molecule has 0 aliphatic rings. The number of hydrogen-bond donors (Lipinski definition) is 2. The number of hydrogen-bond acceptors (Lipinski definition) is 2. The van der Waals surface area contributed by atoms with Gasteiger partial charge in [0.1, 0.15) is 0 Å². The SMILES string of the molecule is CC(C)C(CO)NCc1ccc(I)cc1. The molecule has 0 saturated heterocycles. The predicted molar refractivity (Wildman–Crippen MR) is 71.7 cm³/mol. The van der Waals surface area contributed by atoms with Gasteiger partial charge in [-0.15, -0.1) is 0 Å². The number of benzene rings is 1. The highest BCUT2D eigenvalue weighted by atomic mass is 127. The van der Waals surface area contributed by atoms with E-state index in [9.17, 15) is 0 Å². The first-order chi connectivity index (χ1) is 7.13. The fraction of sp³-hybridized carbons (Fsp3) is 0.500. The van der Waals surface area contributed by atoms with Gasteiger partial charge in [-0.25, -0.2) is 0 Å². The highest BCUT2D eigenvalue weighted by Crippen LogP contribution is 2.08. The quantitative estimate of drug-likeness (QED) is 0.817. The average molecular weight is 319 g/mol. The lowest BCUT2D eigenvalue weighted by Crippen LogP contribution is -2.36. The minimum Gasteiger partial charge on any atom is -0.395 e. The van der Waals surface area contributed by atoms with Gasteiger partial charge in [0.05, 0.1) is 6.61 Å². The molecule has 1 rings (SSSR count). The molecule has 0 spiro atoms. The fourth-order valence-corrected chi connectivity index (χ4v) is 1.72. The van der Waals surface area contributed by atoms with Crippen LogP contribution in [-0.2, 0) is 6.54 Å². The van der Waals surface area contributed by atoms with Crippen LogP contribution < -0.4 is 5.32 Å². The van der Waals surface area contributed by atoms with E-state index in [1.54, 1.807) is 0 Å². The summed E-state index contributed by atoms with van der Waals surface area (Å²) in [6, 6.07) is 8.61. The van der Waals surface area contributed by atoms with Crippen molar-refractivity contribution in [1.29, 1.82) is 0 Å². The molecule has 3 heteroatoms. The summed E-state index contributed by atoms with van der Waals surface area (Å²) in [5, 5.41) is 12.5. The van der Waals surface area contributed by atoms with Crippen LogP contribution in [0.3, 0.4) is 0 Å². The van der Waals surface area contributed by atoms with E-state index in [0.29, 0.717) is 5.92 Å². The zero-order valence-electron chi connectivity index (χ0n) is 9.20. The number of halogens is 1. The summed E-state index contributed by atoms with van der Waals surface area (Å²) in [6.45, 7) is 5.24. The maximum Gasteiger partial charge on any atom is 0.0587 e. The Hall–Kier alpha value is -0.130. The first-order valence-corrected chi connectivity index (χ1v) is 6.30. The molecule has 1 aromatic rings. The fourth-order valence-electron chi connectivity index (χ4n) is 1.36. The van der Waals surface area contributed by atoms with Crippen LogP contribution in [0.25, 0.3) is 0 Å². The zero-order chi connectivity index (χ0) is 11.3. The molecule has 1 atom stereocenters. The molecule has 0 aromatic heterocycles. The first kappa shape index (κ1) is 12.9. The second-order valence-corrected chi connectivity index (χ2v) is 5.29. The Morgan fingerprint density at radius 1 is 1.27 bits per heavy atom. The normalized spacial score (nSPS) is 13.1. The van der Waals surface area contributed by atoms with Gasteiger partial charge in [0.2, 0.25) is 0 Å². The van der Waals surface area contributed by atoms with Crippen molar-refractivity contribution in [2.45, 2.75) is 26.4 Å². The topological polar surface area (TPSA) is 32.3 Å². The third-order valence-corrected chi connectivity index (χ3v) is 3.20. The van der Waals surface area contributed by atoms with E-state index >= 15 is 0 Å². The molecule has 0 saturated carbocycles. The van der Waals surface area contributed by atoms with Crippen molar-refractivity contribution in [3.63, 3.8) is 0 Å². The molecular formula is C12H18INO. The minimum atomic E-state index is 0.185. The van der Waals surface area contributed by atoms with Gasteiger partial charge in [-0.05, 0) is 46.2 Å². The largest absolute Gasteiger partial charge is 0.395 e.